The summed E-state index contributed by atoms with van der Waals surface area (Å²) in [6.07, 6.45) is 2.15. The topological polar surface area (TPSA) is 173 Å². The lowest BCUT2D eigenvalue weighted by Gasteiger charge is -2.32. The summed E-state index contributed by atoms with van der Waals surface area (Å²) in [6, 6.07) is 7.34. The highest BCUT2D eigenvalue weighted by molar-refractivity contribution is 7.99. The number of benzene rings is 1. The Bertz CT molecular complexity index is 1680. The van der Waals surface area contributed by atoms with E-state index in [0.29, 0.717) is 31.3 Å². The molecule has 0 radical (unpaired) electrons. The van der Waals surface area contributed by atoms with Gasteiger partial charge in [0.2, 0.25) is 28.8 Å². The van der Waals surface area contributed by atoms with Crippen molar-refractivity contribution in [3.63, 3.8) is 0 Å². The summed E-state index contributed by atoms with van der Waals surface area (Å²) in [5, 5.41) is 21.5. The number of carbonyl (C=O) groups excluding carboxylic acids is 4. The van der Waals surface area contributed by atoms with Crippen LogP contribution in [0.3, 0.4) is 0 Å². The molecule has 0 aliphatic carbocycles. The van der Waals surface area contributed by atoms with Gasteiger partial charge in [-0.15, -0.1) is 5.10 Å². The van der Waals surface area contributed by atoms with Gasteiger partial charge in [-0.1, -0.05) is 43.9 Å². The highest BCUT2D eigenvalue weighted by atomic mass is 32.2. The van der Waals surface area contributed by atoms with Crippen molar-refractivity contribution in [1.29, 1.82) is 0 Å². The summed E-state index contributed by atoms with van der Waals surface area (Å²) in [5.41, 5.74) is 0. The van der Waals surface area contributed by atoms with Crippen molar-refractivity contribution in [2.75, 3.05) is 39.9 Å². The van der Waals surface area contributed by atoms with E-state index in [1.165, 1.54) is 11.8 Å². The number of amides is 4. The van der Waals surface area contributed by atoms with E-state index in [1.807, 2.05) is 30.3 Å². The third-order valence-electron chi connectivity index (χ3n) is 9.41. The average Bonchev–Trinajstić information content (AvgIpc) is 3.97. The number of nitrogens with zero attached hydrogens (tertiary/aromatic N) is 6. The van der Waals surface area contributed by atoms with Crippen molar-refractivity contribution in [1.82, 2.24) is 46.0 Å². The molecule has 0 bridgehead atoms. The standard InChI is InChI=1S/C38H53N9O6S/c1-26(2)34(48)40-32(36(50)45-20-12-13-21-45)28(4)52-23-14-7-8-15-24-53-29(5)33(41-35(49)27(3)39-6)37(51)46-22-16-17-30(46)25-47-38(42-43-44-47)54-31-18-10-9-11-19-31/h9-11,18-19,26-30,32-33,39H,12-13,16-17,20-25H2,1-6H3,(H,40,48)(H,41,49)/t27-,28?,29?,30-,32-,33-/m0/s1. The maximum atomic E-state index is 14.1. The zero-order valence-corrected chi connectivity index (χ0v) is 32.9. The van der Waals surface area contributed by atoms with Gasteiger partial charge in [-0.3, -0.25) is 19.2 Å². The number of rotatable bonds is 17. The van der Waals surface area contributed by atoms with Crippen LogP contribution < -0.4 is 16.0 Å². The first-order valence-corrected chi connectivity index (χ1v) is 19.4. The predicted octanol–water partition coefficient (Wildman–Crippen LogP) is 1.49. The lowest BCUT2D eigenvalue weighted by molar-refractivity contribution is -0.141. The molecule has 3 heterocycles. The molecule has 0 saturated carbocycles. The minimum atomic E-state index is -0.962. The fourth-order valence-electron chi connectivity index (χ4n) is 5.99. The van der Waals surface area contributed by atoms with Crippen molar-refractivity contribution in [2.45, 2.75) is 113 Å². The van der Waals surface area contributed by atoms with Crippen molar-refractivity contribution in [3.05, 3.63) is 30.3 Å². The molecule has 2 aromatic rings. The highest BCUT2D eigenvalue weighted by Crippen LogP contribution is 2.27. The summed E-state index contributed by atoms with van der Waals surface area (Å²) in [6.45, 7) is 11.0. The molecule has 15 nitrogen and oxygen atoms in total. The first-order valence-electron chi connectivity index (χ1n) is 18.5. The molecule has 1 aromatic carbocycles. The van der Waals surface area contributed by atoms with Gasteiger partial charge < -0.3 is 35.2 Å². The number of hydrogen-bond acceptors (Lipinski definition) is 11. The first kappa shape index (κ1) is 42.3. The van der Waals surface area contributed by atoms with E-state index in [0.717, 1.165) is 30.6 Å². The summed E-state index contributed by atoms with van der Waals surface area (Å²) >= 11 is 1.45. The summed E-state index contributed by atoms with van der Waals surface area (Å²) in [4.78, 5) is 57.2. The summed E-state index contributed by atoms with van der Waals surface area (Å²) < 4.78 is 13.5. The smallest absolute Gasteiger partial charge is 0.248 e. The third-order valence-corrected chi connectivity index (χ3v) is 10.4. The molecule has 4 rings (SSSR count). The Morgan fingerprint density at radius 2 is 1.46 bits per heavy atom. The second-order valence-corrected chi connectivity index (χ2v) is 14.7. The Morgan fingerprint density at radius 3 is 2.07 bits per heavy atom. The molecule has 2 fully saturated rings. The largest absolute Gasteiger partial charge is 0.363 e. The van der Waals surface area contributed by atoms with Gasteiger partial charge in [-0.2, -0.15) is 0 Å². The molecule has 292 valence electrons. The fourth-order valence-corrected chi connectivity index (χ4v) is 6.79. The average molecular weight is 764 g/mol. The van der Waals surface area contributed by atoms with E-state index in [2.05, 4.69) is 55.2 Å². The van der Waals surface area contributed by atoms with Crippen LogP contribution in [0, 0.1) is 29.6 Å². The Morgan fingerprint density at radius 1 is 0.852 bits per heavy atom. The Kier molecular flexibility index (Phi) is 16.8. The Labute approximate surface area is 322 Å². The van der Waals surface area contributed by atoms with Gasteiger partial charge >= 0.3 is 0 Å². The number of likely N-dealkylation sites (N-methyl/N-ethyl adjacent to an activating group) is 1. The number of tetrazole rings is 1. The summed E-state index contributed by atoms with van der Waals surface area (Å²) in [7, 11) is 1.67. The molecule has 2 saturated heterocycles. The second-order valence-electron chi connectivity index (χ2n) is 13.7. The quantitative estimate of drug-likeness (QED) is 0.200. The van der Waals surface area contributed by atoms with Gasteiger partial charge in [0, 0.05) is 30.4 Å². The van der Waals surface area contributed by atoms with Crippen molar-refractivity contribution in [3.8, 4) is 23.7 Å². The van der Waals surface area contributed by atoms with E-state index in [4.69, 9.17) is 9.47 Å². The first-order chi connectivity index (χ1) is 26.0. The number of hydrogen-bond donors (Lipinski definition) is 3. The van der Waals surface area contributed by atoms with Crippen LogP contribution >= 0.6 is 11.8 Å². The van der Waals surface area contributed by atoms with E-state index in [-0.39, 0.29) is 48.8 Å². The maximum Gasteiger partial charge on any atom is 0.248 e. The molecule has 2 unspecified atom stereocenters. The monoisotopic (exact) mass is 763 g/mol. The molecular weight excluding hydrogens is 711 g/mol. The normalized spacial score (nSPS) is 18.1. The number of ether oxygens (including phenoxy) is 2. The molecule has 6 atom stereocenters. The van der Waals surface area contributed by atoms with E-state index < -0.39 is 30.3 Å². The predicted molar refractivity (Wildman–Crippen MR) is 203 cm³/mol. The Hall–Kier alpha value is -4.48. The van der Waals surface area contributed by atoms with Crippen LogP contribution in [-0.2, 0) is 35.2 Å². The zero-order valence-electron chi connectivity index (χ0n) is 32.0. The van der Waals surface area contributed by atoms with Crippen LogP contribution in [0.5, 0.6) is 0 Å². The third kappa shape index (κ3) is 12.3. The molecule has 1 aromatic heterocycles. The van der Waals surface area contributed by atoms with E-state index in [1.54, 1.807) is 56.1 Å². The summed E-state index contributed by atoms with van der Waals surface area (Å²) in [5.74, 6) is 9.89. The SMILES string of the molecule is CN[C@@H](C)C(=O)N[C@H](C(=O)N1CCC[C@H]1Cn1nnnc1Sc1ccccc1)C(C)OCC#CC#CCOC(C)[C@H](NC(=O)C(C)C)C(=O)N1CCCC1. The van der Waals surface area contributed by atoms with Gasteiger partial charge in [-0.05, 0) is 99.7 Å². The molecule has 4 amide bonds. The molecule has 0 spiro atoms. The number of carbonyl (C=O) groups is 4. The van der Waals surface area contributed by atoms with Gasteiger partial charge in [0.15, 0.2) is 0 Å². The van der Waals surface area contributed by atoms with Gasteiger partial charge in [0.05, 0.1) is 30.8 Å². The molecule has 54 heavy (non-hydrogen) atoms. The van der Waals surface area contributed by atoms with Crippen LogP contribution in [0.25, 0.3) is 0 Å². The molecular formula is C38H53N9O6S. The minimum absolute atomic E-state index is 0.00872. The van der Waals surface area contributed by atoms with Crippen molar-refractivity contribution >= 4 is 35.4 Å². The number of aromatic nitrogens is 4. The van der Waals surface area contributed by atoms with Gasteiger partial charge in [0.1, 0.15) is 25.3 Å². The molecule has 2 aliphatic heterocycles. The minimum Gasteiger partial charge on any atom is -0.363 e. The highest BCUT2D eigenvalue weighted by Gasteiger charge is 2.38. The van der Waals surface area contributed by atoms with Gasteiger partial charge in [0.25, 0.3) is 0 Å². The maximum absolute atomic E-state index is 14.1. The van der Waals surface area contributed by atoms with Crippen LogP contribution in [0.1, 0.15) is 60.3 Å². The zero-order chi connectivity index (χ0) is 39.0. The van der Waals surface area contributed by atoms with Crippen LogP contribution in [0.4, 0.5) is 0 Å². The molecule has 2 aliphatic rings. The van der Waals surface area contributed by atoms with Crippen molar-refractivity contribution in [2.24, 2.45) is 5.92 Å². The fraction of sp³-hybridized carbons (Fsp3) is 0.605. The number of nitrogens with one attached hydrogen (secondary N) is 3. The Balaban J connectivity index is 1.33. The van der Waals surface area contributed by atoms with Crippen LogP contribution in [-0.4, -0.2) is 130 Å². The molecule has 16 heteroatoms. The molecule has 3 N–H and O–H groups in total. The second kappa shape index (κ2) is 21.4. The van der Waals surface area contributed by atoms with Crippen LogP contribution in [0.2, 0.25) is 0 Å². The van der Waals surface area contributed by atoms with Crippen LogP contribution in [0.15, 0.2) is 40.4 Å². The van der Waals surface area contributed by atoms with Crippen molar-refractivity contribution < 1.29 is 28.7 Å². The lowest BCUT2D eigenvalue weighted by Crippen LogP contribution is -2.58. The van der Waals surface area contributed by atoms with E-state index in [9.17, 15) is 19.2 Å². The van der Waals surface area contributed by atoms with E-state index >= 15 is 0 Å². The number of likely N-dealkylation sites (tertiary alicyclic amines) is 2. The van der Waals surface area contributed by atoms with Gasteiger partial charge in [-0.25, -0.2) is 4.68 Å². The lowest BCUT2D eigenvalue weighted by atomic mass is 10.1.